The Kier molecular flexibility index (Phi) is 4.22. The van der Waals surface area contributed by atoms with Crippen molar-refractivity contribution in [2.75, 3.05) is 10.7 Å². The minimum atomic E-state index is -1.000. The van der Waals surface area contributed by atoms with Crippen LogP contribution in [0.1, 0.15) is 21.3 Å². The second-order valence-electron chi connectivity index (χ2n) is 4.84. The Hall–Kier alpha value is -1.79. The van der Waals surface area contributed by atoms with E-state index in [1.165, 1.54) is 23.9 Å². The SMILES string of the molecule is O=C(O)c1cccc(N2C(=O)CSC2c2cccc(Br)c2)c1. The number of amides is 1. The number of nitrogens with zero attached hydrogens (tertiary/aromatic N) is 1. The Morgan fingerprint density at radius 1 is 1.23 bits per heavy atom. The van der Waals surface area contributed by atoms with Crippen molar-refractivity contribution in [1.29, 1.82) is 0 Å². The van der Waals surface area contributed by atoms with Gasteiger partial charge in [-0.1, -0.05) is 34.1 Å². The molecule has 3 rings (SSSR count). The third-order valence-electron chi connectivity index (χ3n) is 3.37. The van der Waals surface area contributed by atoms with Crippen LogP contribution in [0.15, 0.2) is 53.0 Å². The number of thioether (sulfide) groups is 1. The summed E-state index contributed by atoms with van der Waals surface area (Å²) >= 11 is 4.98. The normalized spacial score (nSPS) is 17.8. The number of carboxylic acid groups (broad SMARTS) is 1. The minimum absolute atomic E-state index is 0.0162. The second-order valence-corrected chi connectivity index (χ2v) is 6.82. The summed E-state index contributed by atoms with van der Waals surface area (Å²) in [6.45, 7) is 0. The average molecular weight is 378 g/mol. The van der Waals surface area contributed by atoms with E-state index in [1.54, 1.807) is 17.0 Å². The largest absolute Gasteiger partial charge is 0.478 e. The molecule has 2 aromatic carbocycles. The molecule has 4 nitrogen and oxygen atoms in total. The molecule has 1 fully saturated rings. The molecule has 1 N–H and O–H groups in total. The molecule has 1 aliphatic heterocycles. The molecule has 0 bridgehead atoms. The summed E-state index contributed by atoms with van der Waals surface area (Å²) in [6.07, 6.45) is 0. The summed E-state index contributed by atoms with van der Waals surface area (Å²) in [5.41, 5.74) is 1.79. The average Bonchev–Trinajstić information content (AvgIpc) is 2.89. The molecule has 0 saturated carbocycles. The summed E-state index contributed by atoms with van der Waals surface area (Å²) in [5, 5.41) is 8.98. The first kappa shape index (κ1) is 15.1. The van der Waals surface area contributed by atoms with Gasteiger partial charge in [-0.25, -0.2) is 4.79 Å². The lowest BCUT2D eigenvalue weighted by molar-refractivity contribution is -0.115. The van der Waals surface area contributed by atoms with Crippen LogP contribution in [0.2, 0.25) is 0 Å². The molecular weight excluding hydrogens is 366 g/mol. The number of carbonyl (C=O) groups excluding carboxylic acids is 1. The maximum atomic E-state index is 12.3. The van der Waals surface area contributed by atoms with Gasteiger partial charge in [0.1, 0.15) is 5.37 Å². The van der Waals surface area contributed by atoms with E-state index < -0.39 is 5.97 Å². The van der Waals surface area contributed by atoms with Crippen LogP contribution in [0, 0.1) is 0 Å². The van der Waals surface area contributed by atoms with E-state index in [1.807, 2.05) is 24.3 Å². The van der Waals surface area contributed by atoms with Crippen molar-refractivity contribution < 1.29 is 14.7 Å². The van der Waals surface area contributed by atoms with Crippen molar-refractivity contribution >= 4 is 45.3 Å². The van der Waals surface area contributed by atoms with Gasteiger partial charge in [0.2, 0.25) is 5.91 Å². The van der Waals surface area contributed by atoms with E-state index in [2.05, 4.69) is 15.9 Å². The molecule has 1 heterocycles. The van der Waals surface area contributed by atoms with Crippen molar-refractivity contribution in [3.63, 3.8) is 0 Å². The van der Waals surface area contributed by atoms with Crippen LogP contribution in [0.4, 0.5) is 5.69 Å². The molecule has 0 aliphatic carbocycles. The second kappa shape index (κ2) is 6.14. The molecule has 2 aromatic rings. The Bertz CT molecular complexity index is 750. The topological polar surface area (TPSA) is 57.6 Å². The minimum Gasteiger partial charge on any atom is -0.478 e. The molecule has 22 heavy (non-hydrogen) atoms. The van der Waals surface area contributed by atoms with Crippen LogP contribution in [-0.4, -0.2) is 22.7 Å². The Morgan fingerprint density at radius 2 is 2.00 bits per heavy atom. The number of carboxylic acids is 1. The highest BCUT2D eigenvalue weighted by molar-refractivity contribution is 9.10. The first-order valence-electron chi connectivity index (χ1n) is 6.59. The number of carbonyl (C=O) groups is 2. The molecule has 1 amide bonds. The van der Waals surface area contributed by atoms with Gasteiger partial charge in [-0.3, -0.25) is 9.69 Å². The number of hydrogen-bond acceptors (Lipinski definition) is 3. The van der Waals surface area contributed by atoms with Gasteiger partial charge in [0.25, 0.3) is 0 Å². The lowest BCUT2D eigenvalue weighted by atomic mass is 10.1. The summed E-state index contributed by atoms with van der Waals surface area (Å²) in [7, 11) is 0. The fraction of sp³-hybridized carbons (Fsp3) is 0.125. The van der Waals surface area contributed by atoms with Crippen molar-refractivity contribution in [1.82, 2.24) is 0 Å². The van der Waals surface area contributed by atoms with Gasteiger partial charge in [-0.15, -0.1) is 11.8 Å². The molecule has 1 aliphatic rings. The van der Waals surface area contributed by atoms with Gasteiger partial charge >= 0.3 is 5.97 Å². The number of hydrogen-bond donors (Lipinski definition) is 1. The Balaban J connectivity index is 2.01. The van der Waals surface area contributed by atoms with Crippen molar-refractivity contribution in [3.05, 3.63) is 64.1 Å². The third kappa shape index (κ3) is 2.89. The van der Waals surface area contributed by atoms with E-state index in [4.69, 9.17) is 5.11 Å². The van der Waals surface area contributed by atoms with E-state index in [0.29, 0.717) is 11.4 Å². The zero-order chi connectivity index (χ0) is 15.7. The highest BCUT2D eigenvalue weighted by atomic mass is 79.9. The molecule has 6 heteroatoms. The zero-order valence-corrected chi connectivity index (χ0v) is 13.8. The molecule has 1 atom stereocenters. The first-order valence-corrected chi connectivity index (χ1v) is 8.43. The zero-order valence-electron chi connectivity index (χ0n) is 11.4. The number of anilines is 1. The van der Waals surface area contributed by atoms with Gasteiger partial charge in [-0.2, -0.15) is 0 Å². The predicted octanol–water partition coefficient (Wildman–Crippen LogP) is 3.93. The number of benzene rings is 2. The number of rotatable bonds is 3. The van der Waals surface area contributed by atoms with Crippen molar-refractivity contribution in [3.8, 4) is 0 Å². The van der Waals surface area contributed by atoms with Crippen molar-refractivity contribution in [2.45, 2.75) is 5.37 Å². The molecular formula is C16H12BrNO3S. The van der Waals surface area contributed by atoms with Crippen LogP contribution in [-0.2, 0) is 4.79 Å². The number of aromatic carboxylic acids is 1. The quantitative estimate of drug-likeness (QED) is 0.880. The summed E-state index contributed by atoms with van der Waals surface area (Å²) in [6, 6.07) is 14.3. The van der Waals surface area contributed by atoms with Crippen LogP contribution in [0.3, 0.4) is 0 Å². The summed E-state index contributed by atoms with van der Waals surface area (Å²) in [5.74, 6) is -0.633. The van der Waals surface area contributed by atoms with Gasteiger partial charge in [0, 0.05) is 10.2 Å². The van der Waals surface area contributed by atoms with Gasteiger partial charge in [-0.05, 0) is 35.9 Å². The number of halogens is 1. The Labute approximate surface area is 140 Å². The molecule has 1 unspecified atom stereocenters. The maximum Gasteiger partial charge on any atom is 0.335 e. The van der Waals surface area contributed by atoms with Crippen molar-refractivity contribution in [2.24, 2.45) is 0 Å². The maximum absolute atomic E-state index is 12.3. The van der Waals surface area contributed by atoms with E-state index in [0.717, 1.165) is 10.0 Å². The van der Waals surface area contributed by atoms with E-state index in [9.17, 15) is 9.59 Å². The molecule has 0 radical (unpaired) electrons. The van der Waals surface area contributed by atoms with Crippen LogP contribution < -0.4 is 4.90 Å². The van der Waals surface area contributed by atoms with Gasteiger partial charge < -0.3 is 5.11 Å². The lowest BCUT2D eigenvalue weighted by Crippen LogP contribution is -2.28. The molecule has 1 saturated heterocycles. The van der Waals surface area contributed by atoms with E-state index in [-0.39, 0.29) is 16.8 Å². The molecule has 0 aromatic heterocycles. The molecule has 0 spiro atoms. The van der Waals surface area contributed by atoms with Crippen LogP contribution in [0.5, 0.6) is 0 Å². The first-order chi connectivity index (χ1) is 10.6. The smallest absolute Gasteiger partial charge is 0.335 e. The van der Waals surface area contributed by atoms with Gasteiger partial charge in [0.15, 0.2) is 0 Å². The standard InChI is InChI=1S/C16H12BrNO3S/c17-12-5-1-3-10(7-12)15-18(14(19)9-22-15)13-6-2-4-11(8-13)16(20)21/h1-8,15H,9H2,(H,20,21). The highest BCUT2D eigenvalue weighted by Gasteiger charge is 2.34. The van der Waals surface area contributed by atoms with E-state index >= 15 is 0 Å². The fourth-order valence-electron chi connectivity index (χ4n) is 2.40. The van der Waals surface area contributed by atoms with Crippen LogP contribution >= 0.6 is 27.7 Å². The highest BCUT2D eigenvalue weighted by Crippen LogP contribution is 2.42. The predicted molar refractivity (Wildman–Crippen MR) is 90.2 cm³/mol. The third-order valence-corrected chi connectivity index (χ3v) is 5.08. The van der Waals surface area contributed by atoms with Gasteiger partial charge in [0.05, 0.1) is 11.3 Å². The molecule has 112 valence electrons. The monoisotopic (exact) mass is 377 g/mol. The lowest BCUT2D eigenvalue weighted by Gasteiger charge is -2.24. The Morgan fingerprint density at radius 3 is 2.73 bits per heavy atom. The van der Waals surface area contributed by atoms with Crippen LogP contribution in [0.25, 0.3) is 0 Å². The summed E-state index contributed by atoms with van der Waals surface area (Å²) < 4.78 is 0.948. The fourth-order valence-corrected chi connectivity index (χ4v) is 3.98. The summed E-state index contributed by atoms with van der Waals surface area (Å²) in [4.78, 5) is 25.1.